The van der Waals surface area contributed by atoms with Crippen LogP contribution in [0.2, 0.25) is 0 Å². The summed E-state index contributed by atoms with van der Waals surface area (Å²) >= 11 is 0. The normalized spacial score (nSPS) is 18.5. The van der Waals surface area contributed by atoms with Crippen molar-refractivity contribution in [2.75, 3.05) is 39.8 Å². The second-order valence-corrected chi connectivity index (χ2v) is 3.37. The van der Waals surface area contributed by atoms with Crippen LogP contribution >= 0.6 is 0 Å². The van der Waals surface area contributed by atoms with Crippen LogP contribution in [0.25, 0.3) is 0 Å². The molecule has 0 aromatic rings. The van der Waals surface area contributed by atoms with E-state index in [1.54, 1.807) is 7.05 Å². The zero-order valence-corrected chi connectivity index (χ0v) is 8.31. The molecule has 1 saturated heterocycles. The molecule has 0 aromatic carbocycles. The maximum atomic E-state index is 10.9. The molecular formula is C9H19N3O. The summed E-state index contributed by atoms with van der Waals surface area (Å²) < 4.78 is 0. The molecule has 13 heavy (non-hydrogen) atoms. The molecule has 0 atom stereocenters. The van der Waals surface area contributed by atoms with Crippen molar-refractivity contribution in [2.45, 2.75) is 12.8 Å². The number of carbonyl (C=O) groups excluding carboxylic acids is 1. The molecule has 4 heteroatoms. The fraction of sp³-hybridized carbons (Fsp3) is 0.889. The van der Waals surface area contributed by atoms with Gasteiger partial charge in [-0.3, -0.25) is 4.79 Å². The maximum Gasteiger partial charge on any atom is 0.219 e. The fourth-order valence-corrected chi connectivity index (χ4v) is 1.52. The van der Waals surface area contributed by atoms with Crippen molar-refractivity contribution in [3.8, 4) is 0 Å². The topological polar surface area (TPSA) is 44.4 Å². The lowest BCUT2D eigenvalue weighted by atomic mass is 10.2. The lowest BCUT2D eigenvalue weighted by molar-refractivity contribution is -0.120. The van der Waals surface area contributed by atoms with Gasteiger partial charge in [0.05, 0.1) is 0 Å². The molecule has 0 radical (unpaired) electrons. The molecule has 4 nitrogen and oxygen atoms in total. The highest BCUT2D eigenvalue weighted by molar-refractivity contribution is 5.75. The molecule has 2 N–H and O–H groups in total. The lowest BCUT2D eigenvalue weighted by Crippen LogP contribution is -2.43. The van der Waals surface area contributed by atoms with E-state index in [0.29, 0.717) is 6.42 Å². The summed E-state index contributed by atoms with van der Waals surface area (Å²) in [5.74, 6) is 0.148. The first kappa shape index (κ1) is 10.5. The third kappa shape index (κ3) is 4.24. The average Bonchev–Trinajstić information content (AvgIpc) is 2.19. The third-order valence-electron chi connectivity index (χ3n) is 2.37. The molecule has 0 spiro atoms. The van der Waals surface area contributed by atoms with E-state index in [-0.39, 0.29) is 5.91 Å². The Balaban J connectivity index is 2.01. The predicted octanol–water partition coefficient (Wildman–Crippen LogP) is -0.582. The van der Waals surface area contributed by atoms with Crippen LogP contribution in [-0.4, -0.2) is 50.6 Å². The van der Waals surface area contributed by atoms with Gasteiger partial charge in [-0.2, -0.15) is 0 Å². The number of nitrogens with zero attached hydrogens (tertiary/aromatic N) is 1. The molecular weight excluding hydrogens is 166 g/mol. The zero-order valence-electron chi connectivity index (χ0n) is 8.31. The van der Waals surface area contributed by atoms with Crippen LogP contribution in [-0.2, 0) is 4.79 Å². The van der Waals surface area contributed by atoms with Gasteiger partial charge in [0, 0.05) is 39.6 Å². The van der Waals surface area contributed by atoms with Crippen molar-refractivity contribution in [3.05, 3.63) is 0 Å². The van der Waals surface area contributed by atoms with Gasteiger partial charge in [0.25, 0.3) is 0 Å². The second kappa shape index (κ2) is 5.94. The number of nitrogens with one attached hydrogen (secondary N) is 2. The lowest BCUT2D eigenvalue weighted by Gasteiger charge is -2.26. The first-order chi connectivity index (χ1) is 6.33. The van der Waals surface area contributed by atoms with Crippen LogP contribution < -0.4 is 10.6 Å². The molecule has 0 bridgehead atoms. The van der Waals surface area contributed by atoms with Gasteiger partial charge in [0.15, 0.2) is 0 Å². The zero-order chi connectivity index (χ0) is 9.52. The summed E-state index contributed by atoms with van der Waals surface area (Å²) in [5.41, 5.74) is 0. The van der Waals surface area contributed by atoms with E-state index in [2.05, 4.69) is 15.5 Å². The minimum atomic E-state index is 0.148. The first-order valence-corrected chi connectivity index (χ1v) is 4.96. The molecule has 0 unspecified atom stereocenters. The van der Waals surface area contributed by atoms with Crippen molar-refractivity contribution in [2.24, 2.45) is 0 Å². The Labute approximate surface area is 79.7 Å². The van der Waals surface area contributed by atoms with E-state index in [1.807, 2.05) is 0 Å². The largest absolute Gasteiger partial charge is 0.359 e. The van der Waals surface area contributed by atoms with Crippen molar-refractivity contribution in [1.29, 1.82) is 0 Å². The molecule has 76 valence electrons. The highest BCUT2D eigenvalue weighted by Crippen LogP contribution is 1.96. The fourth-order valence-electron chi connectivity index (χ4n) is 1.52. The van der Waals surface area contributed by atoms with E-state index in [4.69, 9.17) is 0 Å². The molecule has 1 fully saturated rings. The van der Waals surface area contributed by atoms with Gasteiger partial charge in [-0.1, -0.05) is 0 Å². The van der Waals surface area contributed by atoms with Crippen molar-refractivity contribution < 1.29 is 4.79 Å². The van der Waals surface area contributed by atoms with Gasteiger partial charge in [-0.15, -0.1) is 0 Å². The Hall–Kier alpha value is -0.610. The van der Waals surface area contributed by atoms with Crippen LogP contribution in [0, 0.1) is 0 Å². The van der Waals surface area contributed by atoms with E-state index < -0.39 is 0 Å². The summed E-state index contributed by atoms with van der Waals surface area (Å²) in [4.78, 5) is 13.3. The van der Waals surface area contributed by atoms with Gasteiger partial charge < -0.3 is 15.5 Å². The molecule has 0 saturated carbocycles. The third-order valence-corrected chi connectivity index (χ3v) is 2.37. The summed E-state index contributed by atoms with van der Waals surface area (Å²) in [5, 5.41) is 5.94. The number of amides is 1. The van der Waals surface area contributed by atoms with Crippen LogP contribution in [0.5, 0.6) is 0 Å². The van der Waals surface area contributed by atoms with Crippen LogP contribution in [0.4, 0.5) is 0 Å². The Morgan fingerprint density at radius 3 is 2.77 bits per heavy atom. The summed E-state index contributed by atoms with van der Waals surface area (Å²) in [6, 6.07) is 0. The van der Waals surface area contributed by atoms with Crippen molar-refractivity contribution >= 4 is 5.91 Å². The highest BCUT2D eigenvalue weighted by Gasteiger charge is 2.08. The monoisotopic (exact) mass is 185 g/mol. The molecule has 0 aliphatic carbocycles. The predicted molar refractivity (Wildman–Crippen MR) is 52.6 cm³/mol. The van der Waals surface area contributed by atoms with Crippen LogP contribution in [0.3, 0.4) is 0 Å². The Morgan fingerprint density at radius 2 is 2.15 bits per heavy atom. The molecule has 1 rings (SSSR count). The van der Waals surface area contributed by atoms with Gasteiger partial charge in [0.2, 0.25) is 5.91 Å². The second-order valence-electron chi connectivity index (χ2n) is 3.37. The first-order valence-electron chi connectivity index (χ1n) is 4.96. The van der Waals surface area contributed by atoms with Gasteiger partial charge in [-0.25, -0.2) is 0 Å². The Bertz CT molecular complexity index is 155. The van der Waals surface area contributed by atoms with E-state index in [0.717, 1.165) is 39.1 Å². The molecule has 0 aromatic heterocycles. The SMILES string of the molecule is CNC(=O)CCCN1CCNCC1. The van der Waals surface area contributed by atoms with Gasteiger partial charge in [-0.05, 0) is 13.0 Å². The molecule has 1 aliphatic rings. The number of piperazine rings is 1. The summed E-state index contributed by atoms with van der Waals surface area (Å²) in [7, 11) is 1.69. The highest BCUT2D eigenvalue weighted by atomic mass is 16.1. The number of hydrogen-bond donors (Lipinski definition) is 2. The quantitative estimate of drug-likeness (QED) is 0.616. The van der Waals surface area contributed by atoms with Gasteiger partial charge >= 0.3 is 0 Å². The number of rotatable bonds is 4. The van der Waals surface area contributed by atoms with E-state index in [9.17, 15) is 4.79 Å². The molecule has 1 amide bonds. The van der Waals surface area contributed by atoms with Crippen molar-refractivity contribution in [1.82, 2.24) is 15.5 Å². The van der Waals surface area contributed by atoms with E-state index in [1.165, 1.54) is 0 Å². The maximum absolute atomic E-state index is 10.9. The Morgan fingerprint density at radius 1 is 1.46 bits per heavy atom. The smallest absolute Gasteiger partial charge is 0.219 e. The summed E-state index contributed by atoms with van der Waals surface area (Å²) in [6.45, 7) is 5.45. The number of hydrogen-bond acceptors (Lipinski definition) is 3. The number of carbonyl (C=O) groups is 1. The van der Waals surface area contributed by atoms with Gasteiger partial charge in [0.1, 0.15) is 0 Å². The molecule has 1 aliphatic heterocycles. The minimum absolute atomic E-state index is 0.148. The minimum Gasteiger partial charge on any atom is -0.359 e. The van der Waals surface area contributed by atoms with E-state index >= 15 is 0 Å². The standard InChI is InChI=1S/C9H19N3O/c1-10-9(13)3-2-6-12-7-4-11-5-8-12/h11H,2-8H2,1H3,(H,10,13). The molecule has 1 heterocycles. The average molecular weight is 185 g/mol. The van der Waals surface area contributed by atoms with Crippen molar-refractivity contribution in [3.63, 3.8) is 0 Å². The Kier molecular flexibility index (Phi) is 4.78. The van der Waals surface area contributed by atoms with Crippen LogP contribution in [0.15, 0.2) is 0 Å². The summed E-state index contributed by atoms with van der Waals surface area (Å²) in [6.07, 6.45) is 1.63. The van der Waals surface area contributed by atoms with Crippen LogP contribution in [0.1, 0.15) is 12.8 Å².